The van der Waals surface area contributed by atoms with Gasteiger partial charge in [-0.15, -0.1) is 12.4 Å². The topological polar surface area (TPSA) is 72.2 Å². The standard InChI is InChI=1S/C14H24N2O2S.ClH/c1-11(2)4-5-13-6-8-14(9-7-13)19(17,18)16-12(3)10-15;/h6-9,11-12,16H,4-5,10,15H2,1-3H3;1H/t12-;/m0./s1. The van der Waals surface area contributed by atoms with E-state index < -0.39 is 10.0 Å². The Hall–Kier alpha value is -0.620. The first-order valence-corrected chi connectivity index (χ1v) is 8.15. The number of hydrogen-bond acceptors (Lipinski definition) is 3. The van der Waals surface area contributed by atoms with Crippen molar-refractivity contribution in [1.82, 2.24) is 4.72 Å². The van der Waals surface area contributed by atoms with Crippen LogP contribution in [0.5, 0.6) is 0 Å². The van der Waals surface area contributed by atoms with Gasteiger partial charge in [0.15, 0.2) is 0 Å². The molecule has 0 heterocycles. The number of halogens is 1. The van der Waals surface area contributed by atoms with Gasteiger partial charge in [0.2, 0.25) is 10.0 Å². The van der Waals surface area contributed by atoms with Crippen molar-refractivity contribution in [3.8, 4) is 0 Å². The molecule has 0 saturated heterocycles. The quantitative estimate of drug-likeness (QED) is 0.810. The minimum Gasteiger partial charge on any atom is -0.329 e. The van der Waals surface area contributed by atoms with Crippen LogP contribution in [0.2, 0.25) is 0 Å². The zero-order chi connectivity index (χ0) is 14.5. The number of hydrogen-bond donors (Lipinski definition) is 2. The molecule has 0 spiro atoms. The van der Waals surface area contributed by atoms with Gasteiger partial charge in [-0.2, -0.15) is 0 Å². The normalized spacial score (nSPS) is 13.1. The molecule has 1 aromatic rings. The fourth-order valence-corrected chi connectivity index (χ4v) is 2.93. The van der Waals surface area contributed by atoms with E-state index in [0.717, 1.165) is 12.8 Å². The first-order chi connectivity index (χ1) is 8.85. The number of aryl methyl sites for hydroxylation is 1. The van der Waals surface area contributed by atoms with Crippen LogP contribution in [0.15, 0.2) is 29.2 Å². The van der Waals surface area contributed by atoms with Crippen LogP contribution in [0.1, 0.15) is 32.8 Å². The minimum atomic E-state index is -3.45. The van der Waals surface area contributed by atoms with Crippen LogP contribution in [0.3, 0.4) is 0 Å². The Morgan fingerprint density at radius 3 is 2.15 bits per heavy atom. The summed E-state index contributed by atoms with van der Waals surface area (Å²) in [5.74, 6) is 0.649. The Morgan fingerprint density at radius 2 is 1.70 bits per heavy atom. The maximum Gasteiger partial charge on any atom is 0.240 e. The first kappa shape index (κ1) is 19.4. The third-order valence-electron chi connectivity index (χ3n) is 2.95. The molecule has 0 unspecified atom stereocenters. The molecule has 0 radical (unpaired) electrons. The predicted octanol–water partition coefficient (Wildman–Crippen LogP) is 2.32. The second-order valence-corrected chi connectivity index (χ2v) is 7.05. The summed E-state index contributed by atoms with van der Waals surface area (Å²) in [5.41, 5.74) is 6.59. The van der Waals surface area contributed by atoms with E-state index in [1.807, 2.05) is 12.1 Å². The van der Waals surface area contributed by atoms with Crippen LogP contribution >= 0.6 is 12.4 Å². The number of sulfonamides is 1. The van der Waals surface area contributed by atoms with Crippen LogP contribution in [-0.4, -0.2) is 21.0 Å². The van der Waals surface area contributed by atoms with Gasteiger partial charge in [0, 0.05) is 12.6 Å². The Balaban J connectivity index is 0.00000361. The molecule has 3 N–H and O–H groups in total. The summed E-state index contributed by atoms with van der Waals surface area (Å²) in [6, 6.07) is 6.81. The van der Waals surface area contributed by atoms with Gasteiger partial charge >= 0.3 is 0 Å². The van der Waals surface area contributed by atoms with Crippen molar-refractivity contribution in [2.24, 2.45) is 11.7 Å². The van der Waals surface area contributed by atoms with E-state index >= 15 is 0 Å². The highest BCUT2D eigenvalue weighted by molar-refractivity contribution is 7.89. The molecular weight excluding hydrogens is 296 g/mol. The van der Waals surface area contributed by atoms with Gasteiger partial charge in [0.25, 0.3) is 0 Å². The number of nitrogens with one attached hydrogen (secondary N) is 1. The summed E-state index contributed by atoms with van der Waals surface area (Å²) in [5, 5.41) is 0. The van der Waals surface area contributed by atoms with Gasteiger partial charge in [-0.05, 0) is 43.4 Å². The van der Waals surface area contributed by atoms with Gasteiger partial charge in [0.1, 0.15) is 0 Å². The van der Waals surface area contributed by atoms with E-state index in [4.69, 9.17) is 5.73 Å². The molecule has 4 nitrogen and oxygen atoms in total. The molecule has 0 fully saturated rings. The van der Waals surface area contributed by atoms with Crippen molar-refractivity contribution in [3.63, 3.8) is 0 Å². The summed E-state index contributed by atoms with van der Waals surface area (Å²) >= 11 is 0. The van der Waals surface area contributed by atoms with Crippen LogP contribution in [0, 0.1) is 5.92 Å². The lowest BCUT2D eigenvalue weighted by Gasteiger charge is -2.12. The Bertz CT molecular complexity index is 486. The Kier molecular flexibility index (Phi) is 8.35. The van der Waals surface area contributed by atoms with Gasteiger partial charge < -0.3 is 5.73 Å². The highest BCUT2D eigenvalue weighted by atomic mass is 35.5. The van der Waals surface area contributed by atoms with Gasteiger partial charge in [-0.25, -0.2) is 13.1 Å². The fraction of sp³-hybridized carbons (Fsp3) is 0.571. The lowest BCUT2D eigenvalue weighted by Crippen LogP contribution is -2.37. The van der Waals surface area contributed by atoms with Gasteiger partial charge in [-0.3, -0.25) is 0 Å². The molecule has 1 aromatic carbocycles. The second-order valence-electron chi connectivity index (χ2n) is 5.33. The monoisotopic (exact) mass is 320 g/mol. The Morgan fingerprint density at radius 1 is 1.15 bits per heavy atom. The van der Waals surface area contributed by atoms with Crippen molar-refractivity contribution < 1.29 is 8.42 Å². The van der Waals surface area contributed by atoms with Crippen molar-refractivity contribution in [2.45, 2.75) is 44.6 Å². The third-order valence-corrected chi connectivity index (χ3v) is 4.56. The van der Waals surface area contributed by atoms with E-state index in [1.165, 1.54) is 5.56 Å². The summed E-state index contributed by atoms with van der Waals surface area (Å²) in [7, 11) is -3.45. The van der Waals surface area contributed by atoms with Crippen LogP contribution in [0.25, 0.3) is 0 Å². The van der Waals surface area contributed by atoms with E-state index in [-0.39, 0.29) is 25.0 Å². The molecule has 0 saturated carbocycles. The summed E-state index contributed by atoms with van der Waals surface area (Å²) in [6.45, 7) is 6.38. The smallest absolute Gasteiger partial charge is 0.240 e. The molecule has 0 aliphatic carbocycles. The highest BCUT2D eigenvalue weighted by Crippen LogP contribution is 2.14. The van der Waals surface area contributed by atoms with Crippen molar-refractivity contribution in [1.29, 1.82) is 0 Å². The maximum absolute atomic E-state index is 12.0. The first-order valence-electron chi connectivity index (χ1n) is 6.66. The fourth-order valence-electron chi connectivity index (χ4n) is 1.67. The lowest BCUT2D eigenvalue weighted by atomic mass is 10.0. The predicted molar refractivity (Wildman–Crippen MR) is 85.7 cm³/mol. The number of benzene rings is 1. The SMILES string of the molecule is CC(C)CCc1ccc(S(=O)(=O)N[C@@H](C)CN)cc1.Cl. The molecule has 0 aliphatic rings. The highest BCUT2D eigenvalue weighted by Gasteiger charge is 2.16. The average Bonchev–Trinajstić information content (AvgIpc) is 2.36. The molecule has 6 heteroatoms. The molecule has 116 valence electrons. The Labute approximate surface area is 128 Å². The molecule has 1 atom stereocenters. The summed E-state index contributed by atoms with van der Waals surface area (Å²) in [6.07, 6.45) is 2.08. The summed E-state index contributed by atoms with van der Waals surface area (Å²) < 4.78 is 26.6. The largest absolute Gasteiger partial charge is 0.329 e. The molecule has 0 aromatic heterocycles. The van der Waals surface area contributed by atoms with Crippen LogP contribution < -0.4 is 10.5 Å². The lowest BCUT2D eigenvalue weighted by molar-refractivity contribution is 0.562. The molecule has 0 amide bonds. The van der Waals surface area contributed by atoms with Crippen molar-refractivity contribution in [2.75, 3.05) is 6.54 Å². The molecular formula is C14H25ClN2O2S. The van der Waals surface area contributed by atoms with Crippen molar-refractivity contribution in [3.05, 3.63) is 29.8 Å². The second kappa shape index (κ2) is 8.62. The van der Waals surface area contributed by atoms with Crippen molar-refractivity contribution >= 4 is 22.4 Å². The molecule has 1 rings (SSSR count). The van der Waals surface area contributed by atoms with E-state index in [9.17, 15) is 8.42 Å². The number of rotatable bonds is 7. The maximum atomic E-state index is 12.0. The third kappa shape index (κ3) is 6.22. The zero-order valence-corrected chi connectivity index (χ0v) is 13.9. The number of nitrogens with two attached hydrogens (primary N) is 1. The minimum absolute atomic E-state index is 0. The van der Waals surface area contributed by atoms with Gasteiger partial charge in [-0.1, -0.05) is 26.0 Å². The van der Waals surface area contributed by atoms with E-state index in [1.54, 1.807) is 19.1 Å². The van der Waals surface area contributed by atoms with E-state index in [2.05, 4.69) is 18.6 Å². The molecule has 20 heavy (non-hydrogen) atoms. The molecule has 0 bridgehead atoms. The zero-order valence-electron chi connectivity index (χ0n) is 12.3. The van der Waals surface area contributed by atoms with E-state index in [0.29, 0.717) is 10.8 Å². The molecule has 0 aliphatic heterocycles. The van der Waals surface area contributed by atoms with Crippen LogP contribution in [0.4, 0.5) is 0 Å². The average molecular weight is 321 g/mol. The van der Waals surface area contributed by atoms with Gasteiger partial charge in [0.05, 0.1) is 4.90 Å². The van der Waals surface area contributed by atoms with Crippen LogP contribution in [-0.2, 0) is 16.4 Å². The summed E-state index contributed by atoms with van der Waals surface area (Å²) in [4.78, 5) is 0.293.